The number of benzene rings is 1. The Morgan fingerprint density at radius 1 is 1.33 bits per heavy atom. The van der Waals surface area contributed by atoms with Crippen LogP contribution in [0.2, 0.25) is 5.02 Å². The molecule has 8 nitrogen and oxygen atoms in total. The highest BCUT2D eigenvalue weighted by Gasteiger charge is 2.11. The number of rotatable bonds is 3. The van der Waals surface area contributed by atoms with Crippen LogP contribution in [0, 0.1) is 11.3 Å². The van der Waals surface area contributed by atoms with Crippen LogP contribution in [0.25, 0.3) is 11.0 Å². The maximum Gasteiger partial charge on any atom is 0.241 e. The number of nitrogens with zero attached hydrogens (tertiary/aromatic N) is 4. The first-order chi connectivity index (χ1) is 10.2. The van der Waals surface area contributed by atoms with Crippen LogP contribution >= 0.6 is 11.6 Å². The van der Waals surface area contributed by atoms with Gasteiger partial charge in [0, 0.05) is 5.02 Å². The van der Waals surface area contributed by atoms with Crippen LogP contribution in [-0.2, 0) is 0 Å². The zero-order chi connectivity index (χ0) is 14.8. The third-order valence-electron chi connectivity index (χ3n) is 2.79. The lowest BCUT2D eigenvalue weighted by Crippen LogP contribution is -2.11. The number of H-pyrrole nitrogens is 1. The van der Waals surface area contributed by atoms with E-state index in [0.29, 0.717) is 33.1 Å². The fraction of sp³-hybridized carbons (Fsp3) is 0. The summed E-state index contributed by atoms with van der Waals surface area (Å²) >= 11 is 5.96. The fourth-order valence-corrected chi connectivity index (χ4v) is 2.01. The summed E-state index contributed by atoms with van der Waals surface area (Å²) in [5.41, 5.74) is 3.87. The van der Waals surface area contributed by atoms with Crippen molar-refractivity contribution >= 4 is 40.1 Å². The molecule has 0 saturated heterocycles. The quantitative estimate of drug-likeness (QED) is 0.429. The molecule has 0 bridgehead atoms. The van der Waals surface area contributed by atoms with Crippen molar-refractivity contribution in [1.82, 2.24) is 20.2 Å². The lowest BCUT2D eigenvalue weighted by Gasteiger charge is -2.09. The highest BCUT2D eigenvalue weighted by Crippen LogP contribution is 2.27. The molecule has 0 unspecified atom stereocenters. The number of nitrogens with one attached hydrogen (secondary N) is 3. The van der Waals surface area contributed by atoms with E-state index in [9.17, 15) is 0 Å². The maximum absolute atomic E-state index is 9.14. The number of halogens is 1. The Labute approximate surface area is 123 Å². The number of anilines is 3. The van der Waals surface area contributed by atoms with E-state index in [2.05, 4.69) is 37.0 Å². The van der Waals surface area contributed by atoms with Crippen molar-refractivity contribution in [3.63, 3.8) is 0 Å². The van der Waals surface area contributed by atoms with Crippen LogP contribution < -0.4 is 16.6 Å². The topological polar surface area (TPSA) is 128 Å². The Balaban J connectivity index is 2.12. The van der Waals surface area contributed by atoms with Crippen molar-refractivity contribution in [3.05, 3.63) is 35.0 Å². The summed E-state index contributed by atoms with van der Waals surface area (Å²) in [7, 11) is 0. The summed E-state index contributed by atoms with van der Waals surface area (Å²) < 4.78 is 0. The molecule has 2 heterocycles. The van der Waals surface area contributed by atoms with Gasteiger partial charge in [-0.2, -0.15) is 20.3 Å². The molecule has 0 aliphatic heterocycles. The second-order valence-electron chi connectivity index (χ2n) is 4.10. The van der Waals surface area contributed by atoms with E-state index in [1.54, 1.807) is 24.4 Å². The number of aromatic amines is 1. The van der Waals surface area contributed by atoms with Gasteiger partial charge in [0.1, 0.15) is 11.9 Å². The molecule has 0 spiro atoms. The van der Waals surface area contributed by atoms with Gasteiger partial charge < -0.3 is 5.32 Å². The Bertz CT molecular complexity index is 850. The zero-order valence-corrected chi connectivity index (χ0v) is 11.3. The number of hydrogen-bond acceptors (Lipinski definition) is 7. The van der Waals surface area contributed by atoms with Gasteiger partial charge in [-0.15, -0.1) is 0 Å². The van der Waals surface area contributed by atoms with Crippen molar-refractivity contribution < 1.29 is 0 Å². The van der Waals surface area contributed by atoms with E-state index in [4.69, 9.17) is 22.7 Å². The van der Waals surface area contributed by atoms with Crippen LogP contribution in [0.3, 0.4) is 0 Å². The van der Waals surface area contributed by atoms with E-state index in [0.717, 1.165) is 0 Å². The molecular formula is C12H9ClN8. The first-order valence-electron chi connectivity index (χ1n) is 5.85. The van der Waals surface area contributed by atoms with Crippen LogP contribution in [0.5, 0.6) is 0 Å². The standard InChI is InChI=1S/C12H9ClN8/c13-7-2-1-6(4-14)9(3-7)17-10-8-5-16-21-11(8)19-12(18-10)20-15/h1-3,5H,15H2,(H3,16,17,18,19,20,21). The molecule has 104 valence electrons. The van der Waals surface area contributed by atoms with Crippen molar-refractivity contribution in [2.24, 2.45) is 5.84 Å². The Morgan fingerprint density at radius 3 is 2.95 bits per heavy atom. The minimum Gasteiger partial charge on any atom is -0.338 e. The van der Waals surface area contributed by atoms with E-state index >= 15 is 0 Å². The molecular weight excluding hydrogens is 292 g/mol. The largest absolute Gasteiger partial charge is 0.338 e. The van der Waals surface area contributed by atoms with Gasteiger partial charge >= 0.3 is 0 Å². The Kier molecular flexibility index (Phi) is 3.27. The van der Waals surface area contributed by atoms with Gasteiger partial charge in [-0.3, -0.25) is 10.5 Å². The lowest BCUT2D eigenvalue weighted by molar-refractivity contribution is 1.08. The third kappa shape index (κ3) is 2.43. The molecule has 0 atom stereocenters. The van der Waals surface area contributed by atoms with Gasteiger partial charge in [0.15, 0.2) is 5.65 Å². The average molecular weight is 301 g/mol. The summed E-state index contributed by atoms with van der Waals surface area (Å²) in [5.74, 6) is 6.02. The number of fused-ring (bicyclic) bond motifs is 1. The monoisotopic (exact) mass is 300 g/mol. The van der Waals surface area contributed by atoms with Gasteiger partial charge in [0.2, 0.25) is 5.95 Å². The Morgan fingerprint density at radius 2 is 2.19 bits per heavy atom. The number of nitrogen functional groups attached to an aromatic ring is 1. The first kappa shape index (κ1) is 13.1. The van der Waals surface area contributed by atoms with Crippen molar-refractivity contribution in [2.45, 2.75) is 0 Å². The van der Waals surface area contributed by atoms with Crippen LogP contribution in [0.4, 0.5) is 17.5 Å². The SMILES string of the molecule is N#Cc1ccc(Cl)cc1Nc1nc(NN)nc2[nH]ncc12. The Hall–Kier alpha value is -2.89. The van der Waals surface area contributed by atoms with E-state index < -0.39 is 0 Å². The summed E-state index contributed by atoms with van der Waals surface area (Å²) in [6.07, 6.45) is 1.58. The zero-order valence-electron chi connectivity index (χ0n) is 10.6. The normalized spacial score (nSPS) is 10.3. The lowest BCUT2D eigenvalue weighted by atomic mass is 10.2. The van der Waals surface area contributed by atoms with Gasteiger partial charge in [-0.25, -0.2) is 5.84 Å². The van der Waals surface area contributed by atoms with Gasteiger partial charge in [0.05, 0.1) is 22.8 Å². The summed E-state index contributed by atoms with van der Waals surface area (Å²) in [4.78, 5) is 8.34. The molecule has 2 aromatic heterocycles. The minimum absolute atomic E-state index is 0.217. The number of hydrazine groups is 1. The molecule has 5 N–H and O–H groups in total. The number of nitrogens with two attached hydrogens (primary N) is 1. The molecule has 9 heteroatoms. The predicted molar refractivity (Wildman–Crippen MR) is 78.9 cm³/mol. The molecule has 0 aliphatic carbocycles. The molecule has 0 radical (unpaired) electrons. The number of aromatic nitrogens is 4. The van der Waals surface area contributed by atoms with Crippen molar-refractivity contribution in [3.8, 4) is 6.07 Å². The van der Waals surface area contributed by atoms with E-state index in [-0.39, 0.29) is 5.95 Å². The molecule has 0 fully saturated rings. The first-order valence-corrected chi connectivity index (χ1v) is 6.23. The van der Waals surface area contributed by atoms with Crippen molar-refractivity contribution in [1.29, 1.82) is 5.26 Å². The molecule has 3 rings (SSSR count). The van der Waals surface area contributed by atoms with Crippen molar-refractivity contribution in [2.75, 3.05) is 10.7 Å². The number of hydrogen-bond donors (Lipinski definition) is 4. The highest BCUT2D eigenvalue weighted by molar-refractivity contribution is 6.30. The van der Waals surface area contributed by atoms with Gasteiger partial charge in [-0.1, -0.05) is 11.6 Å². The van der Waals surface area contributed by atoms with Crippen LogP contribution in [-0.4, -0.2) is 20.2 Å². The minimum atomic E-state index is 0.217. The van der Waals surface area contributed by atoms with Gasteiger partial charge in [0.25, 0.3) is 0 Å². The summed E-state index contributed by atoms with van der Waals surface area (Å²) in [5, 5.41) is 20.0. The average Bonchev–Trinajstić information content (AvgIpc) is 2.96. The summed E-state index contributed by atoms with van der Waals surface area (Å²) in [6, 6.07) is 7.00. The summed E-state index contributed by atoms with van der Waals surface area (Å²) in [6.45, 7) is 0. The maximum atomic E-state index is 9.14. The van der Waals surface area contributed by atoms with E-state index in [1.807, 2.05) is 0 Å². The van der Waals surface area contributed by atoms with E-state index in [1.165, 1.54) is 0 Å². The third-order valence-corrected chi connectivity index (χ3v) is 3.03. The predicted octanol–water partition coefficient (Wildman–Crippen LogP) is 1.91. The van der Waals surface area contributed by atoms with Gasteiger partial charge in [-0.05, 0) is 18.2 Å². The molecule has 21 heavy (non-hydrogen) atoms. The van der Waals surface area contributed by atoms with Crippen LogP contribution in [0.1, 0.15) is 5.56 Å². The highest BCUT2D eigenvalue weighted by atomic mass is 35.5. The second kappa shape index (κ2) is 5.24. The molecule has 0 amide bonds. The molecule has 3 aromatic rings. The second-order valence-corrected chi connectivity index (χ2v) is 4.54. The smallest absolute Gasteiger partial charge is 0.241 e. The fourth-order valence-electron chi connectivity index (χ4n) is 1.84. The molecule has 1 aromatic carbocycles. The molecule has 0 saturated carbocycles. The number of nitriles is 1. The molecule has 0 aliphatic rings. The van der Waals surface area contributed by atoms with Crippen LogP contribution in [0.15, 0.2) is 24.4 Å².